The Labute approximate surface area is 261 Å². The molecule has 1 saturated carbocycles. The molecule has 0 bridgehead atoms. The van der Waals surface area contributed by atoms with Crippen molar-refractivity contribution in [3.05, 3.63) is 88.6 Å². The molecule has 1 saturated heterocycles. The highest BCUT2D eigenvalue weighted by Crippen LogP contribution is 2.37. The second-order valence-corrected chi connectivity index (χ2v) is 11.5. The van der Waals surface area contributed by atoms with Gasteiger partial charge in [0.25, 0.3) is 0 Å². The third kappa shape index (κ3) is 7.26. The van der Waals surface area contributed by atoms with Crippen LogP contribution in [-0.4, -0.2) is 40.7 Å². The van der Waals surface area contributed by atoms with Crippen molar-refractivity contribution in [2.45, 2.75) is 69.0 Å². The van der Waals surface area contributed by atoms with Crippen LogP contribution in [0.3, 0.4) is 0 Å². The third-order valence-electron chi connectivity index (χ3n) is 8.02. The van der Waals surface area contributed by atoms with E-state index in [0.29, 0.717) is 6.07 Å². The largest absolute Gasteiger partial charge is 0.351 e. The average molecular weight is 642 g/mol. The molecule has 1 aliphatic carbocycles. The topological polar surface area (TPSA) is 106 Å². The molecular weight excluding hydrogens is 614 g/mol. The lowest BCUT2D eigenvalue weighted by atomic mass is 9.91. The maximum Gasteiger partial charge on any atom is 0.248 e. The second-order valence-electron chi connectivity index (χ2n) is 11.1. The summed E-state index contributed by atoms with van der Waals surface area (Å²) in [4.78, 5) is 47.6. The maximum atomic E-state index is 14.6. The molecule has 3 amide bonds. The molecule has 0 radical (unpaired) electrons. The lowest BCUT2D eigenvalue weighted by Gasteiger charge is -2.35. The summed E-state index contributed by atoms with van der Waals surface area (Å²) in [6.45, 7) is 0. The minimum absolute atomic E-state index is 0.00950. The molecule has 2 unspecified atom stereocenters. The molecule has 8 nitrogen and oxygen atoms in total. The van der Waals surface area contributed by atoms with Crippen LogP contribution in [0.4, 0.5) is 29.1 Å². The highest BCUT2D eigenvalue weighted by atomic mass is 35.5. The van der Waals surface area contributed by atoms with Crippen LogP contribution in [0.2, 0.25) is 5.02 Å². The standard InChI is InChI=1S/C32H28ClF4N5O3/c33-26-4-2-1-3-25(26)30(31(45)40-22-7-10-32(36,37)11-8-22)42(24-15-20(34)14-21(35)16-24)29(44)17-23-5-6-28(43)41(23)27-13-19(18-38)9-12-39-27/h1-4,9,12-16,22-23,30H,5-8,10-11,17H2,(H,40,45). The molecule has 13 heteroatoms. The number of nitrogens with zero attached hydrogens (tertiary/aromatic N) is 4. The smallest absolute Gasteiger partial charge is 0.248 e. The normalized spacial score (nSPS) is 18.7. The molecule has 2 fully saturated rings. The van der Waals surface area contributed by atoms with E-state index in [0.717, 1.165) is 17.0 Å². The van der Waals surface area contributed by atoms with E-state index in [1.165, 1.54) is 35.4 Å². The van der Waals surface area contributed by atoms with Gasteiger partial charge in [0.15, 0.2) is 0 Å². The Bertz CT molecular complexity index is 1640. The minimum Gasteiger partial charge on any atom is -0.351 e. The molecule has 45 heavy (non-hydrogen) atoms. The number of hydrogen-bond donors (Lipinski definition) is 1. The summed E-state index contributed by atoms with van der Waals surface area (Å²) in [5, 5.41) is 12.2. The molecule has 2 aliphatic rings. The molecule has 1 N–H and O–H groups in total. The Morgan fingerprint density at radius 2 is 1.78 bits per heavy atom. The second kappa shape index (κ2) is 13.2. The highest BCUT2D eigenvalue weighted by molar-refractivity contribution is 6.31. The van der Waals surface area contributed by atoms with Gasteiger partial charge in [-0.05, 0) is 49.6 Å². The van der Waals surface area contributed by atoms with Crippen molar-refractivity contribution in [1.82, 2.24) is 10.3 Å². The summed E-state index contributed by atoms with van der Waals surface area (Å²) in [6.07, 6.45) is 0.400. The number of alkyl halides is 2. The summed E-state index contributed by atoms with van der Waals surface area (Å²) in [5.74, 6) is -6.59. The first-order chi connectivity index (χ1) is 21.5. The number of pyridine rings is 1. The van der Waals surface area contributed by atoms with Gasteiger partial charge < -0.3 is 5.32 Å². The summed E-state index contributed by atoms with van der Waals surface area (Å²) in [5.41, 5.74) is 0.101. The van der Waals surface area contributed by atoms with Crippen molar-refractivity contribution in [3.8, 4) is 6.07 Å². The Balaban J connectivity index is 1.54. The van der Waals surface area contributed by atoms with Crippen LogP contribution in [0.25, 0.3) is 0 Å². The number of amides is 3. The quantitative estimate of drug-likeness (QED) is 0.293. The van der Waals surface area contributed by atoms with Gasteiger partial charge in [-0.3, -0.25) is 24.2 Å². The summed E-state index contributed by atoms with van der Waals surface area (Å²) >= 11 is 6.51. The van der Waals surface area contributed by atoms with Crippen LogP contribution in [0.5, 0.6) is 0 Å². The van der Waals surface area contributed by atoms with E-state index in [1.807, 2.05) is 6.07 Å². The fraction of sp³-hybridized carbons (Fsp3) is 0.344. The number of nitriles is 1. The third-order valence-corrected chi connectivity index (χ3v) is 8.37. The minimum atomic E-state index is -2.85. The van der Waals surface area contributed by atoms with Crippen molar-refractivity contribution in [2.75, 3.05) is 9.80 Å². The van der Waals surface area contributed by atoms with E-state index in [-0.39, 0.29) is 65.7 Å². The zero-order chi connectivity index (χ0) is 32.3. The number of halogens is 5. The molecule has 5 rings (SSSR count). The number of nitrogens with one attached hydrogen (secondary N) is 1. The molecule has 2 heterocycles. The SMILES string of the molecule is N#Cc1ccnc(N2C(=O)CCC2CC(=O)N(c2cc(F)cc(F)c2)C(C(=O)NC2CCC(F)(F)CC2)c2ccccc2Cl)c1. The van der Waals surface area contributed by atoms with Gasteiger partial charge in [0, 0.05) is 60.6 Å². The number of hydrogen-bond acceptors (Lipinski definition) is 5. The van der Waals surface area contributed by atoms with Crippen LogP contribution in [0.1, 0.15) is 62.1 Å². The van der Waals surface area contributed by atoms with Gasteiger partial charge >= 0.3 is 0 Å². The first kappa shape index (κ1) is 31.9. The molecule has 2 aromatic carbocycles. The average Bonchev–Trinajstić information content (AvgIpc) is 3.36. The lowest BCUT2D eigenvalue weighted by Crippen LogP contribution is -2.49. The number of aromatic nitrogens is 1. The molecule has 1 aliphatic heterocycles. The number of carbonyl (C=O) groups is 3. The van der Waals surface area contributed by atoms with Gasteiger partial charge in [-0.25, -0.2) is 22.5 Å². The van der Waals surface area contributed by atoms with E-state index < -0.39 is 60.3 Å². The number of rotatable bonds is 8. The molecule has 2 atom stereocenters. The van der Waals surface area contributed by atoms with Crippen molar-refractivity contribution < 1.29 is 31.9 Å². The Kier molecular flexibility index (Phi) is 9.39. The van der Waals surface area contributed by atoms with Crippen molar-refractivity contribution in [2.24, 2.45) is 0 Å². The Hall–Kier alpha value is -4.50. The fourth-order valence-corrected chi connectivity index (χ4v) is 6.08. The predicted octanol–water partition coefficient (Wildman–Crippen LogP) is 6.24. The summed E-state index contributed by atoms with van der Waals surface area (Å²) in [6, 6.07) is 10.5. The zero-order valence-corrected chi connectivity index (χ0v) is 24.6. The zero-order valence-electron chi connectivity index (χ0n) is 23.9. The van der Waals surface area contributed by atoms with Crippen LogP contribution >= 0.6 is 11.6 Å². The first-order valence-electron chi connectivity index (χ1n) is 14.3. The lowest BCUT2D eigenvalue weighted by molar-refractivity contribution is -0.128. The maximum absolute atomic E-state index is 14.6. The Morgan fingerprint density at radius 1 is 1.09 bits per heavy atom. The number of carbonyl (C=O) groups excluding carboxylic acids is 3. The van der Waals surface area contributed by atoms with Crippen LogP contribution < -0.4 is 15.1 Å². The summed E-state index contributed by atoms with van der Waals surface area (Å²) < 4.78 is 56.9. The van der Waals surface area contributed by atoms with E-state index in [1.54, 1.807) is 12.1 Å². The first-order valence-corrected chi connectivity index (χ1v) is 14.7. The van der Waals surface area contributed by atoms with Gasteiger partial charge in [-0.2, -0.15) is 5.26 Å². The van der Waals surface area contributed by atoms with Crippen molar-refractivity contribution >= 4 is 40.8 Å². The summed E-state index contributed by atoms with van der Waals surface area (Å²) in [7, 11) is 0. The van der Waals surface area contributed by atoms with Gasteiger partial charge in [-0.1, -0.05) is 29.8 Å². The van der Waals surface area contributed by atoms with Crippen LogP contribution in [-0.2, 0) is 14.4 Å². The highest BCUT2D eigenvalue weighted by Gasteiger charge is 2.41. The molecule has 1 aromatic heterocycles. The molecule has 0 spiro atoms. The monoisotopic (exact) mass is 641 g/mol. The predicted molar refractivity (Wildman–Crippen MR) is 157 cm³/mol. The molecular formula is C32H28ClF4N5O3. The molecule has 234 valence electrons. The molecule has 3 aromatic rings. The van der Waals surface area contributed by atoms with E-state index in [4.69, 9.17) is 11.6 Å². The van der Waals surface area contributed by atoms with Gasteiger partial charge in [0.05, 0.1) is 17.3 Å². The van der Waals surface area contributed by atoms with Gasteiger partial charge in [0.2, 0.25) is 23.6 Å². The van der Waals surface area contributed by atoms with Crippen molar-refractivity contribution in [1.29, 1.82) is 5.26 Å². The van der Waals surface area contributed by atoms with Gasteiger partial charge in [-0.15, -0.1) is 0 Å². The van der Waals surface area contributed by atoms with Gasteiger partial charge in [0.1, 0.15) is 23.5 Å². The fourth-order valence-electron chi connectivity index (χ4n) is 5.85. The van der Waals surface area contributed by atoms with Crippen LogP contribution in [0.15, 0.2) is 60.8 Å². The van der Waals surface area contributed by atoms with E-state index in [9.17, 15) is 37.2 Å². The van der Waals surface area contributed by atoms with Crippen LogP contribution in [0, 0.1) is 23.0 Å². The van der Waals surface area contributed by atoms with Crippen molar-refractivity contribution in [3.63, 3.8) is 0 Å². The Morgan fingerprint density at radius 3 is 2.44 bits per heavy atom. The van der Waals surface area contributed by atoms with E-state index >= 15 is 0 Å². The number of benzene rings is 2. The number of anilines is 2. The van der Waals surface area contributed by atoms with E-state index in [2.05, 4.69) is 10.3 Å².